The molecular weight excluding hydrogens is 452 g/mol. The van der Waals surface area contributed by atoms with Gasteiger partial charge in [0.25, 0.3) is 0 Å². The van der Waals surface area contributed by atoms with E-state index in [9.17, 15) is 4.79 Å². The van der Waals surface area contributed by atoms with Gasteiger partial charge in [-0.1, -0.05) is 30.7 Å². The molecule has 180 valence electrons. The van der Waals surface area contributed by atoms with Crippen LogP contribution < -0.4 is 9.47 Å². The van der Waals surface area contributed by atoms with Crippen LogP contribution in [0.2, 0.25) is 5.02 Å². The molecule has 1 heterocycles. The molecule has 0 bridgehead atoms. The second-order valence-corrected chi connectivity index (χ2v) is 8.41. The van der Waals surface area contributed by atoms with E-state index in [4.69, 9.17) is 25.8 Å². The van der Waals surface area contributed by atoms with E-state index in [0.29, 0.717) is 42.7 Å². The number of halogens is 1. The minimum Gasteiger partial charge on any atom is -0.493 e. The fourth-order valence-corrected chi connectivity index (χ4v) is 3.80. The van der Waals surface area contributed by atoms with E-state index in [-0.39, 0.29) is 12.1 Å². The highest BCUT2D eigenvalue weighted by molar-refractivity contribution is 6.32. The summed E-state index contributed by atoms with van der Waals surface area (Å²) in [6, 6.07) is 11.5. The predicted molar refractivity (Wildman–Crippen MR) is 134 cm³/mol. The predicted octanol–water partition coefficient (Wildman–Crippen LogP) is 6.54. The van der Waals surface area contributed by atoms with Gasteiger partial charge in [-0.3, -0.25) is 4.79 Å². The molecule has 0 unspecified atom stereocenters. The largest absolute Gasteiger partial charge is 0.493 e. The van der Waals surface area contributed by atoms with Crippen molar-refractivity contribution in [1.29, 1.82) is 0 Å². The molecule has 0 N–H and O–H groups in total. The van der Waals surface area contributed by atoms with E-state index in [2.05, 4.69) is 16.9 Å². The van der Waals surface area contributed by atoms with E-state index in [1.54, 1.807) is 6.92 Å². The molecule has 6 nitrogen and oxygen atoms in total. The van der Waals surface area contributed by atoms with Crippen LogP contribution in [0.25, 0.3) is 22.5 Å². The topological polar surface area (TPSA) is 70.5 Å². The molecule has 0 saturated heterocycles. The third kappa shape index (κ3) is 6.70. The van der Waals surface area contributed by atoms with Crippen molar-refractivity contribution in [3.8, 4) is 34.0 Å². The zero-order chi connectivity index (χ0) is 24.5. The fraction of sp³-hybridized carbons (Fsp3) is 0.370. The molecule has 2 aromatic carbocycles. The number of aromatic nitrogens is 2. The number of rotatable bonds is 11. The van der Waals surface area contributed by atoms with Gasteiger partial charge in [0.05, 0.1) is 24.3 Å². The summed E-state index contributed by atoms with van der Waals surface area (Å²) >= 11 is 6.37. The molecule has 0 fully saturated rings. The normalized spacial score (nSPS) is 10.9. The van der Waals surface area contributed by atoms with Gasteiger partial charge in [0.2, 0.25) is 0 Å². The molecule has 0 aliphatic heterocycles. The highest BCUT2D eigenvalue weighted by Crippen LogP contribution is 2.33. The first-order valence-corrected chi connectivity index (χ1v) is 12.0. The maximum atomic E-state index is 11.5. The highest BCUT2D eigenvalue weighted by atomic mass is 35.5. The van der Waals surface area contributed by atoms with Crippen molar-refractivity contribution in [1.82, 2.24) is 9.97 Å². The zero-order valence-corrected chi connectivity index (χ0v) is 20.9. The van der Waals surface area contributed by atoms with Crippen molar-refractivity contribution in [3.63, 3.8) is 0 Å². The summed E-state index contributed by atoms with van der Waals surface area (Å²) in [5.41, 5.74) is 3.83. The Hall–Kier alpha value is -3.12. The molecule has 0 aliphatic rings. The van der Waals surface area contributed by atoms with Crippen LogP contribution in [0.1, 0.15) is 46.1 Å². The number of hydrogen-bond acceptors (Lipinski definition) is 6. The van der Waals surface area contributed by atoms with Gasteiger partial charge in [0.15, 0.2) is 5.82 Å². The lowest BCUT2D eigenvalue weighted by Gasteiger charge is -2.15. The standard InChI is InChI=1S/C27H31ClN2O4/c1-5-21-22(9-7-10-24(21)33-14-8-11-26(31)32-6-2)20-16-29-27(30-17-20)19-12-13-25(23(28)15-19)34-18(3)4/h7,9-10,12-13,15-18H,5-6,8,11,14H2,1-4H3. The highest BCUT2D eigenvalue weighted by Gasteiger charge is 2.13. The number of ether oxygens (including phenoxy) is 3. The number of carbonyl (C=O) groups is 1. The van der Waals surface area contributed by atoms with Crippen molar-refractivity contribution in [2.24, 2.45) is 0 Å². The molecule has 0 saturated carbocycles. The number of hydrogen-bond donors (Lipinski definition) is 0. The molecule has 1 aromatic heterocycles. The molecule has 3 aromatic rings. The smallest absolute Gasteiger partial charge is 0.305 e. The average molecular weight is 483 g/mol. The molecule has 34 heavy (non-hydrogen) atoms. The van der Waals surface area contributed by atoms with E-state index in [1.165, 1.54) is 0 Å². The summed E-state index contributed by atoms with van der Waals surface area (Å²) in [5, 5.41) is 0.528. The van der Waals surface area contributed by atoms with E-state index in [1.807, 2.05) is 62.6 Å². The Morgan fingerprint density at radius 3 is 2.44 bits per heavy atom. The molecule has 0 spiro atoms. The lowest BCUT2D eigenvalue weighted by molar-refractivity contribution is -0.143. The maximum absolute atomic E-state index is 11.5. The average Bonchev–Trinajstić information content (AvgIpc) is 2.83. The minimum atomic E-state index is -0.198. The lowest BCUT2D eigenvalue weighted by atomic mass is 9.99. The summed E-state index contributed by atoms with van der Waals surface area (Å²) in [4.78, 5) is 20.7. The molecule has 0 amide bonds. The molecule has 3 rings (SSSR count). The first-order chi connectivity index (χ1) is 16.4. The molecule has 0 radical (unpaired) electrons. The number of nitrogens with zero attached hydrogens (tertiary/aromatic N) is 2. The van der Waals surface area contributed by atoms with Crippen molar-refractivity contribution in [2.45, 2.75) is 53.1 Å². The quantitative estimate of drug-likeness (QED) is 0.228. The third-order valence-electron chi connectivity index (χ3n) is 5.09. The summed E-state index contributed by atoms with van der Waals surface area (Å²) in [6.45, 7) is 8.65. The van der Waals surface area contributed by atoms with E-state index in [0.717, 1.165) is 34.4 Å². The van der Waals surface area contributed by atoms with Crippen LogP contribution in [0, 0.1) is 0 Å². The molecule has 0 atom stereocenters. The van der Waals surface area contributed by atoms with Crippen LogP contribution in [0.5, 0.6) is 11.5 Å². The summed E-state index contributed by atoms with van der Waals surface area (Å²) in [5.74, 6) is 1.84. The van der Waals surface area contributed by atoms with Gasteiger partial charge in [-0.15, -0.1) is 0 Å². The maximum Gasteiger partial charge on any atom is 0.305 e. The summed E-state index contributed by atoms with van der Waals surface area (Å²) in [6.07, 6.45) is 5.41. The van der Waals surface area contributed by atoms with Gasteiger partial charge in [0, 0.05) is 35.5 Å². The third-order valence-corrected chi connectivity index (χ3v) is 5.39. The monoisotopic (exact) mass is 482 g/mol. The Morgan fingerprint density at radius 1 is 1.03 bits per heavy atom. The Balaban J connectivity index is 1.74. The van der Waals surface area contributed by atoms with Gasteiger partial charge in [0.1, 0.15) is 11.5 Å². The summed E-state index contributed by atoms with van der Waals surface area (Å²) < 4.78 is 16.7. The van der Waals surface area contributed by atoms with E-state index < -0.39 is 0 Å². The van der Waals surface area contributed by atoms with Crippen molar-refractivity contribution in [3.05, 3.63) is 59.4 Å². The van der Waals surface area contributed by atoms with Crippen molar-refractivity contribution >= 4 is 17.6 Å². The van der Waals surface area contributed by atoms with E-state index >= 15 is 0 Å². The van der Waals surface area contributed by atoms with Gasteiger partial charge in [-0.25, -0.2) is 9.97 Å². The number of carbonyl (C=O) groups excluding carboxylic acids is 1. The van der Waals surface area contributed by atoms with Crippen LogP contribution >= 0.6 is 11.6 Å². The Labute approximate surface area is 206 Å². The zero-order valence-electron chi connectivity index (χ0n) is 20.1. The number of benzene rings is 2. The number of esters is 1. The van der Waals surface area contributed by atoms with Crippen LogP contribution in [0.15, 0.2) is 48.8 Å². The van der Waals surface area contributed by atoms with Crippen LogP contribution in [0.3, 0.4) is 0 Å². The lowest BCUT2D eigenvalue weighted by Crippen LogP contribution is -2.07. The SMILES string of the molecule is CCOC(=O)CCCOc1cccc(-c2cnc(-c3ccc(OC(C)C)c(Cl)c3)nc2)c1CC. The van der Waals surface area contributed by atoms with Gasteiger partial charge in [-0.2, -0.15) is 0 Å². The second kappa shape index (κ2) is 12.4. The molecule has 7 heteroatoms. The van der Waals surface area contributed by atoms with Gasteiger partial charge in [-0.05, 0) is 63.4 Å². The fourth-order valence-electron chi connectivity index (χ4n) is 3.57. The van der Waals surface area contributed by atoms with Gasteiger partial charge >= 0.3 is 5.97 Å². The van der Waals surface area contributed by atoms with Crippen LogP contribution in [0.4, 0.5) is 0 Å². The molecular formula is C27H31ClN2O4. The van der Waals surface area contributed by atoms with Gasteiger partial charge < -0.3 is 14.2 Å². The Kier molecular flexibility index (Phi) is 9.28. The van der Waals surface area contributed by atoms with Crippen LogP contribution in [-0.2, 0) is 16.0 Å². The second-order valence-electron chi connectivity index (χ2n) is 8.00. The Morgan fingerprint density at radius 2 is 1.79 bits per heavy atom. The minimum absolute atomic E-state index is 0.0453. The molecule has 0 aliphatic carbocycles. The first-order valence-electron chi connectivity index (χ1n) is 11.6. The Bertz CT molecular complexity index is 1100. The van der Waals surface area contributed by atoms with Crippen LogP contribution in [-0.4, -0.2) is 35.3 Å². The first kappa shape index (κ1) is 25.5. The van der Waals surface area contributed by atoms with Crippen molar-refractivity contribution in [2.75, 3.05) is 13.2 Å². The summed E-state index contributed by atoms with van der Waals surface area (Å²) in [7, 11) is 0. The van der Waals surface area contributed by atoms with Crippen molar-refractivity contribution < 1.29 is 19.0 Å².